The first-order valence-electron chi connectivity index (χ1n) is 8.60. The first kappa shape index (κ1) is 19.5. The summed E-state index contributed by atoms with van der Waals surface area (Å²) in [5.74, 6) is -2.50. The van der Waals surface area contributed by atoms with Gasteiger partial charge in [0.25, 0.3) is 0 Å². The fourth-order valence-corrected chi connectivity index (χ4v) is 4.07. The van der Waals surface area contributed by atoms with E-state index in [0.717, 1.165) is 37.0 Å². The minimum atomic E-state index is -5.10. The summed E-state index contributed by atoms with van der Waals surface area (Å²) in [7, 11) is 0. The van der Waals surface area contributed by atoms with E-state index in [4.69, 9.17) is 4.42 Å². The molecule has 0 aliphatic heterocycles. The zero-order valence-electron chi connectivity index (χ0n) is 14.4. The predicted octanol–water partition coefficient (Wildman–Crippen LogP) is 4.03. The monoisotopic (exact) mass is 400 g/mol. The van der Waals surface area contributed by atoms with Gasteiger partial charge >= 0.3 is 12.1 Å². The molecule has 146 valence electrons. The van der Waals surface area contributed by atoms with Crippen molar-refractivity contribution in [2.75, 3.05) is 0 Å². The number of alkyl halides is 3. The number of carbonyl (C=O) groups is 2. The van der Waals surface area contributed by atoms with Crippen LogP contribution < -0.4 is 5.32 Å². The number of amides is 2. The lowest BCUT2D eigenvalue weighted by Gasteiger charge is -2.31. The van der Waals surface area contributed by atoms with E-state index >= 15 is 0 Å². The van der Waals surface area contributed by atoms with E-state index in [1.807, 2.05) is 0 Å². The van der Waals surface area contributed by atoms with Crippen LogP contribution in [0, 0.1) is 0 Å². The van der Waals surface area contributed by atoms with E-state index < -0.39 is 30.6 Å². The maximum absolute atomic E-state index is 13.2. The van der Waals surface area contributed by atoms with Crippen LogP contribution in [0.4, 0.5) is 13.2 Å². The summed E-state index contributed by atoms with van der Waals surface area (Å²) in [6.45, 7) is -0.452. The molecule has 2 aromatic rings. The lowest BCUT2D eigenvalue weighted by atomic mass is 10.1. The highest BCUT2D eigenvalue weighted by Crippen LogP contribution is 2.32. The summed E-state index contributed by atoms with van der Waals surface area (Å²) in [6.07, 6.45) is -0.291. The van der Waals surface area contributed by atoms with Gasteiger partial charge in [-0.1, -0.05) is 18.9 Å². The topological polar surface area (TPSA) is 62.6 Å². The zero-order valence-corrected chi connectivity index (χ0v) is 15.2. The third-order valence-electron chi connectivity index (χ3n) is 4.48. The molecule has 5 nitrogen and oxygen atoms in total. The molecule has 2 aromatic heterocycles. The smallest absolute Gasteiger partial charge is 0.467 e. The molecule has 0 saturated heterocycles. The van der Waals surface area contributed by atoms with Crippen LogP contribution in [-0.4, -0.2) is 28.9 Å². The van der Waals surface area contributed by atoms with Gasteiger partial charge in [0.15, 0.2) is 0 Å². The first-order chi connectivity index (χ1) is 12.9. The van der Waals surface area contributed by atoms with Crippen molar-refractivity contribution in [1.82, 2.24) is 10.2 Å². The third-order valence-corrected chi connectivity index (χ3v) is 5.41. The molecule has 0 aromatic carbocycles. The number of hydrogen-bond acceptors (Lipinski definition) is 4. The highest BCUT2D eigenvalue weighted by Gasteiger charge is 2.47. The second-order valence-electron chi connectivity index (χ2n) is 6.42. The van der Waals surface area contributed by atoms with Gasteiger partial charge in [-0.3, -0.25) is 9.59 Å². The second kappa shape index (κ2) is 8.16. The fraction of sp³-hybridized carbons (Fsp3) is 0.444. The van der Waals surface area contributed by atoms with Gasteiger partial charge in [0.2, 0.25) is 5.91 Å². The Hall–Kier alpha value is -2.29. The van der Waals surface area contributed by atoms with E-state index in [1.165, 1.54) is 18.4 Å². The predicted molar refractivity (Wildman–Crippen MR) is 92.8 cm³/mol. The number of rotatable bonds is 6. The molecule has 1 aliphatic rings. The van der Waals surface area contributed by atoms with Gasteiger partial charge in [-0.05, 0) is 36.4 Å². The Balaban J connectivity index is 1.93. The summed E-state index contributed by atoms with van der Waals surface area (Å²) >= 11 is 1.13. The molecule has 1 atom stereocenters. The van der Waals surface area contributed by atoms with Gasteiger partial charge in [-0.25, -0.2) is 0 Å². The van der Waals surface area contributed by atoms with Crippen molar-refractivity contribution in [3.8, 4) is 0 Å². The lowest BCUT2D eigenvalue weighted by molar-refractivity contribution is -0.189. The Kier molecular flexibility index (Phi) is 5.88. The third kappa shape index (κ3) is 4.71. The number of thiophene rings is 1. The Bertz CT molecular complexity index is 753. The first-order valence-corrected chi connectivity index (χ1v) is 9.48. The van der Waals surface area contributed by atoms with Crippen molar-refractivity contribution in [3.63, 3.8) is 0 Å². The summed E-state index contributed by atoms with van der Waals surface area (Å²) in [6, 6.07) is 4.74. The van der Waals surface area contributed by atoms with Crippen molar-refractivity contribution in [2.45, 2.75) is 50.5 Å². The Labute approximate surface area is 158 Å². The molecule has 1 fully saturated rings. The molecule has 1 N–H and O–H groups in total. The van der Waals surface area contributed by atoms with Crippen LogP contribution in [0.25, 0.3) is 0 Å². The Morgan fingerprint density at radius 2 is 2.00 bits per heavy atom. The van der Waals surface area contributed by atoms with Crippen LogP contribution >= 0.6 is 11.3 Å². The normalized spacial score (nSPS) is 16.3. The number of carbonyl (C=O) groups excluding carboxylic acids is 2. The largest absolute Gasteiger partial charge is 0.471 e. The Morgan fingerprint density at radius 1 is 1.26 bits per heavy atom. The average Bonchev–Trinajstić information content (AvgIpc) is 3.36. The van der Waals surface area contributed by atoms with Crippen molar-refractivity contribution in [3.05, 3.63) is 46.5 Å². The highest BCUT2D eigenvalue weighted by molar-refractivity contribution is 7.10. The number of furan rings is 1. The van der Waals surface area contributed by atoms with Gasteiger partial charge in [0.05, 0.1) is 12.8 Å². The zero-order chi connectivity index (χ0) is 19.4. The molecule has 2 amide bonds. The van der Waals surface area contributed by atoms with Gasteiger partial charge in [0.1, 0.15) is 11.8 Å². The molecule has 0 spiro atoms. The van der Waals surface area contributed by atoms with Gasteiger partial charge in [-0.2, -0.15) is 13.2 Å². The second-order valence-corrected chi connectivity index (χ2v) is 7.40. The molecule has 0 radical (unpaired) electrons. The molecule has 2 heterocycles. The summed E-state index contributed by atoms with van der Waals surface area (Å²) in [5, 5.41) is 4.47. The molecule has 1 aliphatic carbocycles. The molecular weight excluding hydrogens is 381 g/mol. The van der Waals surface area contributed by atoms with Crippen LogP contribution in [0.1, 0.15) is 42.4 Å². The van der Waals surface area contributed by atoms with Crippen LogP contribution in [0.5, 0.6) is 0 Å². The van der Waals surface area contributed by atoms with E-state index in [-0.39, 0.29) is 11.8 Å². The summed E-state index contributed by atoms with van der Waals surface area (Å²) in [5.41, 5.74) is 0. The minimum Gasteiger partial charge on any atom is -0.467 e. The van der Waals surface area contributed by atoms with Crippen molar-refractivity contribution >= 4 is 23.2 Å². The van der Waals surface area contributed by atoms with E-state index in [2.05, 4.69) is 5.32 Å². The van der Waals surface area contributed by atoms with Gasteiger partial charge < -0.3 is 14.6 Å². The molecule has 0 bridgehead atoms. The van der Waals surface area contributed by atoms with Crippen molar-refractivity contribution in [2.24, 2.45) is 0 Å². The Morgan fingerprint density at radius 3 is 2.56 bits per heavy atom. The SMILES string of the molecule is O=C(NC1CCCC1)[C@H](c1cccs1)N(Cc1ccco1)C(=O)C(F)(F)F. The van der Waals surface area contributed by atoms with Gasteiger partial charge in [0, 0.05) is 10.9 Å². The van der Waals surface area contributed by atoms with E-state index in [9.17, 15) is 22.8 Å². The van der Waals surface area contributed by atoms with Gasteiger partial charge in [-0.15, -0.1) is 11.3 Å². The van der Waals surface area contributed by atoms with Crippen LogP contribution in [0.2, 0.25) is 0 Å². The summed E-state index contributed by atoms with van der Waals surface area (Å²) in [4.78, 5) is 26.0. The minimum absolute atomic E-state index is 0.0774. The molecular formula is C18H19F3N2O3S. The number of hydrogen-bond donors (Lipinski definition) is 1. The van der Waals surface area contributed by atoms with Crippen LogP contribution in [0.3, 0.4) is 0 Å². The number of halogens is 3. The average molecular weight is 400 g/mol. The maximum atomic E-state index is 13.2. The quantitative estimate of drug-likeness (QED) is 0.796. The van der Waals surface area contributed by atoms with Crippen molar-refractivity contribution in [1.29, 1.82) is 0 Å². The number of nitrogens with one attached hydrogen (secondary N) is 1. The van der Waals surface area contributed by atoms with E-state index in [1.54, 1.807) is 17.5 Å². The van der Waals surface area contributed by atoms with Crippen LogP contribution in [-0.2, 0) is 16.1 Å². The fourth-order valence-electron chi connectivity index (χ4n) is 3.24. The maximum Gasteiger partial charge on any atom is 0.471 e. The van der Waals surface area contributed by atoms with E-state index in [0.29, 0.717) is 9.78 Å². The molecule has 9 heteroatoms. The van der Waals surface area contributed by atoms with Crippen molar-refractivity contribution < 1.29 is 27.2 Å². The molecule has 27 heavy (non-hydrogen) atoms. The molecule has 3 rings (SSSR count). The van der Waals surface area contributed by atoms with Crippen LogP contribution in [0.15, 0.2) is 40.3 Å². The number of nitrogens with zero attached hydrogens (tertiary/aromatic N) is 1. The standard InChI is InChI=1S/C18H19F3N2O3S/c19-18(20,21)17(25)23(11-13-7-3-9-26-13)15(14-8-4-10-27-14)16(24)22-12-5-1-2-6-12/h3-4,7-10,12,15H,1-2,5-6,11H2,(H,22,24)/t15-/m0/s1. The highest BCUT2D eigenvalue weighted by atomic mass is 32.1. The molecule has 1 saturated carbocycles. The lowest BCUT2D eigenvalue weighted by Crippen LogP contribution is -2.49. The molecule has 0 unspecified atom stereocenters. The summed E-state index contributed by atoms with van der Waals surface area (Å²) < 4.78 is 44.9.